The summed E-state index contributed by atoms with van der Waals surface area (Å²) in [7, 11) is 0. The van der Waals surface area contributed by atoms with Crippen molar-refractivity contribution in [2.45, 2.75) is 0 Å². The molecule has 4 aromatic heterocycles. The molecule has 0 atom stereocenters. The van der Waals surface area contributed by atoms with Crippen LogP contribution in [0.4, 0.5) is 0 Å². The zero-order valence-corrected chi connectivity index (χ0v) is 38.0. The van der Waals surface area contributed by atoms with Gasteiger partial charge in [0.25, 0.3) is 0 Å². The maximum absolute atomic E-state index is 5.24. The lowest BCUT2D eigenvalue weighted by Gasteiger charge is -2.11. The largest absolute Gasteiger partial charge is 0.308 e. The first kappa shape index (κ1) is 39.2. The van der Waals surface area contributed by atoms with Crippen molar-refractivity contribution >= 4 is 75.1 Å². The van der Waals surface area contributed by atoms with Gasteiger partial charge in [0.15, 0.2) is 17.5 Å². The Morgan fingerprint density at radius 2 is 0.725 bits per heavy atom. The quantitative estimate of drug-likeness (QED) is 0.160. The molecule has 0 aliphatic carbocycles. The van der Waals surface area contributed by atoms with Gasteiger partial charge in [-0.05, 0) is 64.7 Å². The van der Waals surface area contributed by atoms with Gasteiger partial charge in [-0.3, -0.25) is 0 Å². The lowest BCUT2D eigenvalue weighted by atomic mass is 9.98. The van der Waals surface area contributed by atoms with E-state index in [2.05, 4.69) is 228 Å². The van der Waals surface area contributed by atoms with Crippen LogP contribution in [-0.4, -0.2) is 24.1 Å². The predicted octanol–water partition coefficient (Wildman–Crippen LogP) is 16.8. The number of nitrogens with zero attached hydrogens (tertiary/aromatic N) is 5. The van der Waals surface area contributed by atoms with E-state index in [0.29, 0.717) is 17.5 Å². The zero-order chi connectivity index (χ0) is 45.4. The van der Waals surface area contributed by atoms with Gasteiger partial charge in [-0.25, -0.2) is 15.0 Å². The third-order valence-corrected chi connectivity index (χ3v) is 14.8. The predicted molar refractivity (Wildman–Crippen MR) is 289 cm³/mol. The summed E-state index contributed by atoms with van der Waals surface area (Å²) in [5.74, 6) is 1.87. The number of hydrogen-bond donors (Lipinski definition) is 0. The highest BCUT2D eigenvalue weighted by Crippen LogP contribution is 2.46. The number of rotatable bonds is 7. The number of thiophene rings is 1. The van der Waals surface area contributed by atoms with E-state index in [9.17, 15) is 0 Å². The fraction of sp³-hybridized carbons (Fsp3) is 0. The lowest BCUT2D eigenvalue weighted by molar-refractivity contribution is 1.07. The first-order chi connectivity index (χ1) is 34.2. The maximum atomic E-state index is 5.24. The summed E-state index contributed by atoms with van der Waals surface area (Å²) in [5.41, 5.74) is 14.4. The number of para-hydroxylation sites is 3. The Morgan fingerprint density at radius 3 is 1.41 bits per heavy atom. The van der Waals surface area contributed by atoms with Crippen LogP contribution in [0.3, 0.4) is 0 Å². The highest BCUT2D eigenvalue weighted by Gasteiger charge is 2.22. The molecular weight excluding hydrogens is 859 g/mol. The summed E-state index contributed by atoms with van der Waals surface area (Å²) in [6.07, 6.45) is 0. The highest BCUT2D eigenvalue weighted by molar-refractivity contribution is 7.27. The molecule has 0 aliphatic heterocycles. The van der Waals surface area contributed by atoms with Crippen LogP contribution < -0.4 is 0 Å². The van der Waals surface area contributed by atoms with Crippen LogP contribution in [0.15, 0.2) is 237 Å². The molecule has 0 unspecified atom stereocenters. The molecule has 0 aliphatic rings. The summed E-state index contributed by atoms with van der Waals surface area (Å²) in [6, 6.07) is 84.3. The van der Waals surface area contributed by atoms with Crippen LogP contribution in [0, 0.1) is 0 Å². The van der Waals surface area contributed by atoms with Crippen molar-refractivity contribution in [2.24, 2.45) is 0 Å². The summed E-state index contributed by atoms with van der Waals surface area (Å²) < 4.78 is 7.40. The Kier molecular flexibility index (Phi) is 9.00. The summed E-state index contributed by atoms with van der Waals surface area (Å²) in [5, 5.41) is 7.39. The van der Waals surface area contributed by atoms with E-state index in [4.69, 9.17) is 15.0 Å². The van der Waals surface area contributed by atoms with Crippen molar-refractivity contribution in [3.8, 4) is 67.8 Å². The molecule has 14 rings (SSSR count). The lowest BCUT2D eigenvalue weighted by Crippen LogP contribution is -2.00. The van der Waals surface area contributed by atoms with Crippen molar-refractivity contribution < 1.29 is 0 Å². The average Bonchev–Trinajstić information content (AvgIpc) is 4.09. The number of benzene rings is 10. The molecule has 69 heavy (non-hydrogen) atoms. The Balaban J connectivity index is 0.944. The van der Waals surface area contributed by atoms with Gasteiger partial charge in [0.2, 0.25) is 0 Å². The minimum Gasteiger partial charge on any atom is -0.308 e. The van der Waals surface area contributed by atoms with E-state index < -0.39 is 0 Å². The minimum absolute atomic E-state index is 0.619. The second-order valence-electron chi connectivity index (χ2n) is 17.6. The van der Waals surface area contributed by atoms with E-state index in [1.807, 2.05) is 29.5 Å². The molecule has 6 heteroatoms. The normalized spacial score (nSPS) is 11.8. The van der Waals surface area contributed by atoms with E-state index in [1.165, 1.54) is 75.1 Å². The van der Waals surface area contributed by atoms with Gasteiger partial charge in [0.05, 0.1) is 37.2 Å². The monoisotopic (exact) mass is 897 g/mol. The molecule has 0 saturated heterocycles. The molecule has 5 nitrogen and oxygen atoms in total. The van der Waals surface area contributed by atoms with Crippen LogP contribution in [0.2, 0.25) is 0 Å². The summed E-state index contributed by atoms with van der Waals surface area (Å²) in [4.78, 5) is 15.5. The third-order valence-electron chi connectivity index (χ3n) is 13.6. The Labute approximate surface area is 401 Å². The van der Waals surface area contributed by atoms with Crippen molar-refractivity contribution in [1.29, 1.82) is 0 Å². The number of fused-ring (bicyclic) bond motifs is 10. The van der Waals surface area contributed by atoms with E-state index in [1.54, 1.807) is 0 Å². The van der Waals surface area contributed by atoms with E-state index in [-0.39, 0.29) is 0 Å². The molecule has 4 heterocycles. The smallest absolute Gasteiger partial charge is 0.164 e. The fourth-order valence-electron chi connectivity index (χ4n) is 10.4. The molecule has 0 saturated carbocycles. The molecule has 0 radical (unpaired) electrons. The second kappa shape index (κ2) is 15.8. The minimum atomic E-state index is 0.619. The SMILES string of the molecule is c1ccc(-c2cccc(-c3ccc(-c4nc(-c5ccccc5)nc(-c5ccc6c7ccc8c9cccc(-n%10c%11ccccc%11c%11ccccc%11%10)c9sc8c7n(-c7ccccc7)c6c5)n4)cc3)c2)cc1. The molecule has 0 N–H and O–H groups in total. The van der Waals surface area contributed by atoms with Crippen molar-refractivity contribution in [3.05, 3.63) is 237 Å². The van der Waals surface area contributed by atoms with Gasteiger partial charge < -0.3 is 9.13 Å². The van der Waals surface area contributed by atoms with Gasteiger partial charge >= 0.3 is 0 Å². The molecule has 322 valence electrons. The molecule has 0 fully saturated rings. The van der Waals surface area contributed by atoms with Crippen molar-refractivity contribution in [1.82, 2.24) is 24.1 Å². The second-order valence-corrected chi connectivity index (χ2v) is 18.6. The highest BCUT2D eigenvalue weighted by atomic mass is 32.1. The summed E-state index contributed by atoms with van der Waals surface area (Å²) >= 11 is 1.88. The first-order valence-corrected chi connectivity index (χ1v) is 24.1. The molecule has 14 aromatic rings. The van der Waals surface area contributed by atoms with Gasteiger partial charge in [-0.1, -0.05) is 194 Å². The van der Waals surface area contributed by atoms with E-state index >= 15 is 0 Å². The van der Waals surface area contributed by atoms with Crippen molar-refractivity contribution in [3.63, 3.8) is 0 Å². The standard InChI is InChI=1S/C63H39N5S/c1-4-16-40(17-5-1)44-20-14-21-45(38-44)41-30-32-43(33-31-41)62-64-61(42-18-6-2-7-19-42)65-63(66-62)46-34-35-50-51-36-37-53-52-26-15-29-56(68-54-27-12-10-24-48(54)49-25-11-13-28-55(49)68)59(52)69-60(53)58(51)67(57(50)39-46)47-22-8-3-9-23-47/h1-39H. The zero-order valence-electron chi connectivity index (χ0n) is 37.2. The number of hydrogen-bond acceptors (Lipinski definition) is 4. The van der Waals surface area contributed by atoms with Gasteiger partial charge in [-0.2, -0.15) is 0 Å². The van der Waals surface area contributed by atoms with Gasteiger partial charge in [0, 0.05) is 54.7 Å². The molecule has 0 bridgehead atoms. The maximum Gasteiger partial charge on any atom is 0.164 e. The molecular formula is C63H39N5S. The van der Waals surface area contributed by atoms with E-state index in [0.717, 1.165) is 39.0 Å². The third kappa shape index (κ3) is 6.41. The van der Waals surface area contributed by atoms with Crippen LogP contribution in [0.25, 0.3) is 132 Å². The Morgan fingerprint density at radius 1 is 0.275 bits per heavy atom. The molecule has 10 aromatic carbocycles. The van der Waals surface area contributed by atoms with Crippen LogP contribution >= 0.6 is 11.3 Å². The number of aromatic nitrogens is 5. The fourth-order valence-corrected chi connectivity index (χ4v) is 11.7. The average molecular weight is 898 g/mol. The summed E-state index contributed by atoms with van der Waals surface area (Å²) in [6.45, 7) is 0. The van der Waals surface area contributed by atoms with Crippen LogP contribution in [0.5, 0.6) is 0 Å². The molecule has 0 spiro atoms. The van der Waals surface area contributed by atoms with Crippen LogP contribution in [-0.2, 0) is 0 Å². The Hall–Kier alpha value is -8.97. The van der Waals surface area contributed by atoms with Gasteiger partial charge in [-0.15, -0.1) is 11.3 Å². The van der Waals surface area contributed by atoms with Crippen LogP contribution in [0.1, 0.15) is 0 Å². The van der Waals surface area contributed by atoms with Gasteiger partial charge in [0.1, 0.15) is 0 Å². The van der Waals surface area contributed by atoms with Crippen molar-refractivity contribution in [2.75, 3.05) is 0 Å². The molecule has 0 amide bonds. The topological polar surface area (TPSA) is 48.5 Å². The first-order valence-electron chi connectivity index (χ1n) is 23.3. The Bertz CT molecular complexity index is 4230.